The van der Waals surface area contributed by atoms with E-state index in [0.29, 0.717) is 12.1 Å². The molecule has 0 unspecified atom stereocenters. The summed E-state index contributed by atoms with van der Waals surface area (Å²) in [7, 11) is 0. The van der Waals surface area contributed by atoms with Gasteiger partial charge in [-0.2, -0.15) is 0 Å². The molecular weight excluding hydrogens is 424 g/mol. The molecule has 0 aromatic carbocycles. The second-order valence-electron chi connectivity index (χ2n) is 7.53. The number of thiazole rings is 1. The quantitative estimate of drug-likeness (QED) is 0.339. The van der Waals surface area contributed by atoms with E-state index in [1.807, 2.05) is 38.2 Å². The van der Waals surface area contributed by atoms with Crippen LogP contribution in [0, 0.1) is 13.8 Å². The van der Waals surface area contributed by atoms with E-state index >= 15 is 0 Å². The number of thiophene rings is 1. The lowest BCUT2D eigenvalue weighted by atomic mass is 10.2. The lowest BCUT2D eigenvalue weighted by Crippen LogP contribution is -2.24. The Labute approximate surface area is 190 Å². The van der Waals surface area contributed by atoms with Gasteiger partial charge in [0.25, 0.3) is 5.91 Å². The maximum absolute atomic E-state index is 12.9. The smallest absolute Gasteiger partial charge is 0.253 e. The van der Waals surface area contributed by atoms with Crippen LogP contribution < -0.4 is 5.32 Å². The summed E-state index contributed by atoms with van der Waals surface area (Å²) < 4.78 is 2.20. The summed E-state index contributed by atoms with van der Waals surface area (Å²) in [5, 5.41) is 8.12. The summed E-state index contributed by atoms with van der Waals surface area (Å²) in [6.07, 6.45) is 3.90. The van der Waals surface area contributed by atoms with Crippen LogP contribution in [0.3, 0.4) is 0 Å². The van der Waals surface area contributed by atoms with E-state index in [1.54, 1.807) is 22.7 Å². The third kappa shape index (κ3) is 4.78. The fourth-order valence-electron chi connectivity index (χ4n) is 3.44. The van der Waals surface area contributed by atoms with Crippen molar-refractivity contribution in [2.75, 3.05) is 6.54 Å². The highest BCUT2D eigenvalue weighted by molar-refractivity contribution is 7.13. The molecule has 0 atom stereocenters. The number of rotatable bonds is 8. The van der Waals surface area contributed by atoms with Crippen molar-refractivity contribution in [1.29, 1.82) is 0 Å². The number of carbonyl (C=O) groups excluding carboxylic acids is 1. The third-order valence-corrected chi connectivity index (χ3v) is 7.00. The Morgan fingerprint density at radius 2 is 2.06 bits per heavy atom. The average Bonchev–Trinajstić information content (AvgIpc) is 3.51. The Balaban J connectivity index is 1.71. The van der Waals surface area contributed by atoms with Gasteiger partial charge in [0.2, 0.25) is 0 Å². The minimum Gasteiger partial charge on any atom is -0.352 e. The van der Waals surface area contributed by atoms with Gasteiger partial charge < -0.3 is 9.88 Å². The van der Waals surface area contributed by atoms with Crippen molar-refractivity contribution in [3.63, 3.8) is 0 Å². The van der Waals surface area contributed by atoms with E-state index in [1.165, 1.54) is 4.88 Å². The molecule has 0 aliphatic heterocycles. The van der Waals surface area contributed by atoms with Crippen molar-refractivity contribution in [2.45, 2.75) is 40.2 Å². The molecule has 0 bridgehead atoms. The van der Waals surface area contributed by atoms with Crippen LogP contribution in [0.25, 0.3) is 22.0 Å². The highest BCUT2D eigenvalue weighted by atomic mass is 32.1. The molecule has 0 saturated carbocycles. The largest absolute Gasteiger partial charge is 0.352 e. The Hall–Kier alpha value is -2.77. The number of hydrogen-bond acceptors (Lipinski definition) is 5. The van der Waals surface area contributed by atoms with E-state index in [-0.39, 0.29) is 5.91 Å². The minimum atomic E-state index is -0.0182. The Morgan fingerprint density at radius 1 is 1.19 bits per heavy atom. The number of unbranched alkanes of at least 4 members (excludes halogenated alkanes) is 1. The van der Waals surface area contributed by atoms with Crippen LogP contribution in [0.4, 0.5) is 0 Å². The number of nitrogens with one attached hydrogen (secondary N) is 1. The van der Waals surface area contributed by atoms with Gasteiger partial charge >= 0.3 is 0 Å². The SMILES string of the molecule is CCCCNC(=O)c1cc(-c2csc(-c3ccc(C)nc3)n2)n(Cc2cccs2)c1C. The summed E-state index contributed by atoms with van der Waals surface area (Å²) >= 11 is 3.32. The fraction of sp³-hybridized carbons (Fsp3) is 0.292. The van der Waals surface area contributed by atoms with Gasteiger partial charge in [0.1, 0.15) is 5.01 Å². The standard InChI is InChI=1S/C24H26N4OS2/c1-4-5-10-25-23(29)20-12-22(28(17(20)3)14-19-7-6-11-30-19)21-15-31-24(27-21)18-9-8-16(2)26-13-18/h6-9,11-13,15H,4-5,10,14H2,1-3H3,(H,25,29). The molecular formula is C24H26N4OS2. The first kappa shape index (κ1) is 21.5. The topological polar surface area (TPSA) is 59.8 Å². The van der Waals surface area contributed by atoms with E-state index < -0.39 is 0 Å². The van der Waals surface area contributed by atoms with E-state index in [0.717, 1.165) is 52.7 Å². The van der Waals surface area contributed by atoms with Crippen LogP contribution in [0.5, 0.6) is 0 Å². The summed E-state index contributed by atoms with van der Waals surface area (Å²) in [4.78, 5) is 23.4. The van der Waals surface area contributed by atoms with Crippen molar-refractivity contribution >= 4 is 28.6 Å². The molecule has 1 amide bonds. The van der Waals surface area contributed by atoms with Gasteiger partial charge in [0.05, 0.1) is 23.5 Å². The van der Waals surface area contributed by atoms with Crippen LogP contribution in [-0.2, 0) is 6.54 Å². The maximum Gasteiger partial charge on any atom is 0.253 e. The summed E-state index contributed by atoms with van der Waals surface area (Å²) in [5.41, 5.74) is 5.52. The summed E-state index contributed by atoms with van der Waals surface area (Å²) in [6, 6.07) is 10.2. The molecule has 31 heavy (non-hydrogen) atoms. The molecule has 0 spiro atoms. The molecule has 5 nitrogen and oxygen atoms in total. The molecule has 0 radical (unpaired) electrons. The normalized spacial score (nSPS) is 11.1. The fourth-order valence-corrected chi connectivity index (χ4v) is 4.94. The van der Waals surface area contributed by atoms with Crippen molar-refractivity contribution in [3.8, 4) is 22.0 Å². The van der Waals surface area contributed by atoms with Crippen molar-refractivity contribution < 1.29 is 4.79 Å². The first-order chi connectivity index (χ1) is 15.1. The van der Waals surface area contributed by atoms with E-state index in [9.17, 15) is 4.79 Å². The molecule has 4 aromatic heterocycles. The van der Waals surface area contributed by atoms with Crippen LogP contribution in [0.1, 0.15) is 46.4 Å². The molecule has 0 aliphatic rings. The van der Waals surface area contributed by atoms with E-state index in [2.05, 4.69) is 44.7 Å². The van der Waals surface area contributed by atoms with Crippen LogP contribution in [0.2, 0.25) is 0 Å². The molecule has 4 heterocycles. The van der Waals surface area contributed by atoms with Gasteiger partial charge in [-0.05, 0) is 49.9 Å². The molecule has 0 fully saturated rings. The number of aromatic nitrogens is 3. The Kier molecular flexibility index (Phi) is 6.63. The zero-order valence-electron chi connectivity index (χ0n) is 18.0. The maximum atomic E-state index is 12.9. The first-order valence-corrected chi connectivity index (χ1v) is 12.2. The number of pyridine rings is 1. The lowest BCUT2D eigenvalue weighted by molar-refractivity contribution is 0.0952. The van der Waals surface area contributed by atoms with E-state index in [4.69, 9.17) is 4.98 Å². The minimum absolute atomic E-state index is 0.0182. The third-order valence-electron chi connectivity index (χ3n) is 5.25. The molecule has 0 aliphatic carbocycles. The van der Waals surface area contributed by atoms with Gasteiger partial charge in [-0.15, -0.1) is 22.7 Å². The molecule has 7 heteroatoms. The predicted molar refractivity (Wildman–Crippen MR) is 129 cm³/mol. The molecule has 4 rings (SSSR count). The molecule has 0 saturated heterocycles. The molecule has 4 aromatic rings. The van der Waals surface area contributed by atoms with Crippen molar-refractivity contribution in [1.82, 2.24) is 19.9 Å². The first-order valence-electron chi connectivity index (χ1n) is 10.5. The Morgan fingerprint density at radius 3 is 2.77 bits per heavy atom. The van der Waals surface area contributed by atoms with Crippen molar-refractivity contribution in [2.24, 2.45) is 0 Å². The summed E-state index contributed by atoms with van der Waals surface area (Å²) in [6.45, 7) is 7.53. The zero-order valence-corrected chi connectivity index (χ0v) is 19.6. The van der Waals surface area contributed by atoms with Gasteiger partial charge in [0.15, 0.2) is 0 Å². The van der Waals surface area contributed by atoms with Crippen LogP contribution in [-0.4, -0.2) is 27.0 Å². The van der Waals surface area contributed by atoms with Crippen LogP contribution >= 0.6 is 22.7 Å². The highest BCUT2D eigenvalue weighted by Crippen LogP contribution is 2.32. The van der Waals surface area contributed by atoms with Gasteiger partial charge in [-0.1, -0.05) is 19.4 Å². The lowest BCUT2D eigenvalue weighted by Gasteiger charge is -2.10. The number of hydrogen-bond donors (Lipinski definition) is 1. The summed E-state index contributed by atoms with van der Waals surface area (Å²) in [5.74, 6) is -0.0182. The predicted octanol–water partition coefficient (Wildman–Crippen LogP) is 5.93. The second kappa shape index (κ2) is 9.58. The van der Waals surface area contributed by atoms with Gasteiger partial charge in [-0.25, -0.2) is 4.98 Å². The molecule has 1 N–H and O–H groups in total. The number of amides is 1. The molecule has 160 valence electrons. The van der Waals surface area contributed by atoms with Crippen LogP contribution in [0.15, 0.2) is 47.3 Å². The Bertz CT molecular complexity index is 1160. The van der Waals surface area contributed by atoms with Gasteiger partial charge in [-0.3, -0.25) is 9.78 Å². The monoisotopic (exact) mass is 450 g/mol. The highest BCUT2D eigenvalue weighted by Gasteiger charge is 2.20. The van der Waals surface area contributed by atoms with Crippen molar-refractivity contribution in [3.05, 3.63) is 69.1 Å². The average molecular weight is 451 g/mol. The van der Waals surface area contributed by atoms with Gasteiger partial charge in [0, 0.05) is 40.0 Å². The number of carbonyl (C=O) groups is 1. The zero-order chi connectivity index (χ0) is 21.8. The number of aryl methyl sites for hydroxylation is 1. The second-order valence-corrected chi connectivity index (χ2v) is 9.42. The number of nitrogens with zero attached hydrogens (tertiary/aromatic N) is 3.